The molecule has 0 spiro atoms. The molecule has 6 heteroatoms. The van der Waals surface area contributed by atoms with Crippen LogP contribution in [0.15, 0.2) is 70.6 Å². The van der Waals surface area contributed by atoms with E-state index in [2.05, 4.69) is 10.5 Å². The largest absolute Gasteiger partial charge is 0.508 e. The van der Waals surface area contributed by atoms with E-state index in [1.165, 1.54) is 0 Å². The van der Waals surface area contributed by atoms with Gasteiger partial charge in [-0.1, -0.05) is 35.5 Å². The van der Waals surface area contributed by atoms with Crippen LogP contribution in [-0.2, 0) is 0 Å². The summed E-state index contributed by atoms with van der Waals surface area (Å²) in [6.07, 6.45) is 3.56. The van der Waals surface area contributed by atoms with Crippen LogP contribution in [0, 0.1) is 13.8 Å². The number of rotatable bonds is 2. The molecule has 2 aromatic carbocycles. The lowest BCUT2D eigenvalue weighted by Gasteiger charge is -2.10. The Morgan fingerprint density at radius 1 is 1.07 bits per heavy atom. The highest BCUT2D eigenvalue weighted by Crippen LogP contribution is 2.32. The molecule has 136 valence electrons. The van der Waals surface area contributed by atoms with Gasteiger partial charge in [0.1, 0.15) is 11.5 Å². The lowest BCUT2D eigenvalue weighted by molar-refractivity contribution is 0.317. The molecule has 0 amide bonds. The molecule has 0 radical (unpaired) electrons. The minimum Gasteiger partial charge on any atom is -0.508 e. The average molecular weight is 361 g/mol. The number of aryl methyl sites for hydroxylation is 2. The summed E-state index contributed by atoms with van der Waals surface area (Å²) in [7, 11) is 0. The fourth-order valence-electron chi connectivity index (χ4n) is 3.23. The van der Waals surface area contributed by atoms with Crippen LogP contribution in [0.1, 0.15) is 11.3 Å². The van der Waals surface area contributed by atoms with Crippen molar-refractivity contribution in [1.29, 1.82) is 0 Å². The van der Waals surface area contributed by atoms with E-state index < -0.39 is 0 Å². The third kappa shape index (κ3) is 2.91. The van der Waals surface area contributed by atoms with Crippen LogP contribution in [0.25, 0.3) is 22.0 Å². The highest BCUT2D eigenvalue weighted by atomic mass is 16.4. The number of aromatic nitrogens is 1. The Labute approximate surface area is 156 Å². The maximum atomic E-state index is 9.68. The van der Waals surface area contributed by atoms with Crippen LogP contribution in [0.2, 0.25) is 0 Å². The van der Waals surface area contributed by atoms with Gasteiger partial charge in [-0.2, -0.15) is 0 Å². The van der Waals surface area contributed by atoms with E-state index in [-0.39, 0.29) is 11.7 Å². The third-order valence-electron chi connectivity index (χ3n) is 4.61. The monoisotopic (exact) mass is 361 g/mol. The van der Waals surface area contributed by atoms with Gasteiger partial charge in [-0.15, -0.1) is 0 Å². The Hall–Kier alpha value is -3.67. The number of furan rings is 1. The standard InChI is InChI=1S/C21H19N3O3/c1-13-12-27-14(2)20(13)22-21(23-26)24-11-18(15-7-9-16(25)10-8-15)17-5-3-4-6-19(17)24/h3-12,25-26H,1-2H3,(H,22,23). The van der Waals surface area contributed by atoms with Crippen molar-refractivity contribution in [2.24, 2.45) is 5.16 Å². The topological polar surface area (TPSA) is 82.9 Å². The number of para-hydroxylation sites is 1. The van der Waals surface area contributed by atoms with Crippen LogP contribution >= 0.6 is 0 Å². The number of phenols is 1. The Morgan fingerprint density at radius 3 is 2.48 bits per heavy atom. The average Bonchev–Trinajstić information content (AvgIpc) is 3.21. The van der Waals surface area contributed by atoms with Crippen molar-refractivity contribution >= 4 is 22.5 Å². The first-order valence-corrected chi connectivity index (χ1v) is 8.52. The molecule has 0 aliphatic carbocycles. The van der Waals surface area contributed by atoms with Crippen molar-refractivity contribution < 1.29 is 14.7 Å². The Bertz CT molecular complexity index is 1120. The molecule has 0 atom stereocenters. The van der Waals surface area contributed by atoms with Gasteiger partial charge in [0.15, 0.2) is 0 Å². The molecule has 27 heavy (non-hydrogen) atoms. The Balaban J connectivity index is 1.85. The van der Waals surface area contributed by atoms with Gasteiger partial charge in [-0.25, -0.2) is 0 Å². The molecule has 2 aromatic heterocycles. The van der Waals surface area contributed by atoms with Gasteiger partial charge < -0.3 is 20.0 Å². The normalized spacial score (nSPS) is 11.9. The van der Waals surface area contributed by atoms with Gasteiger partial charge in [0.05, 0.1) is 17.5 Å². The van der Waals surface area contributed by atoms with E-state index in [0.717, 1.165) is 33.3 Å². The summed E-state index contributed by atoms with van der Waals surface area (Å²) in [5.74, 6) is 1.19. The zero-order valence-electron chi connectivity index (χ0n) is 15.0. The van der Waals surface area contributed by atoms with E-state index in [4.69, 9.17) is 4.42 Å². The number of nitrogens with one attached hydrogen (secondary N) is 1. The second kappa shape index (κ2) is 6.57. The van der Waals surface area contributed by atoms with Crippen LogP contribution in [0.4, 0.5) is 5.69 Å². The molecule has 0 saturated carbocycles. The second-order valence-electron chi connectivity index (χ2n) is 6.38. The highest BCUT2D eigenvalue weighted by Gasteiger charge is 2.16. The number of nitrogens with zero attached hydrogens (tertiary/aromatic N) is 2. The molecule has 0 aliphatic rings. The first-order valence-electron chi connectivity index (χ1n) is 8.52. The van der Waals surface area contributed by atoms with Crippen LogP contribution in [0.5, 0.6) is 5.75 Å². The maximum Gasteiger partial charge on any atom is 0.249 e. The lowest BCUT2D eigenvalue weighted by atomic mass is 10.1. The first-order chi connectivity index (χ1) is 13.1. The minimum absolute atomic E-state index is 0.215. The molecule has 3 N–H and O–H groups in total. The molecule has 4 rings (SSSR count). The predicted octanol–water partition coefficient (Wildman–Crippen LogP) is 4.93. The van der Waals surface area contributed by atoms with Gasteiger partial charge in [0.2, 0.25) is 5.96 Å². The van der Waals surface area contributed by atoms with E-state index in [0.29, 0.717) is 5.76 Å². The van der Waals surface area contributed by atoms with Crippen molar-refractivity contribution in [3.05, 3.63) is 72.3 Å². The van der Waals surface area contributed by atoms with E-state index in [1.54, 1.807) is 23.0 Å². The molecular weight excluding hydrogens is 342 g/mol. The van der Waals surface area contributed by atoms with Crippen molar-refractivity contribution in [1.82, 2.24) is 4.57 Å². The summed E-state index contributed by atoms with van der Waals surface area (Å²) in [5, 5.41) is 26.9. The van der Waals surface area contributed by atoms with Crippen LogP contribution in [-0.4, -0.2) is 20.8 Å². The summed E-state index contributed by atoms with van der Waals surface area (Å²) in [6, 6.07) is 14.9. The lowest BCUT2D eigenvalue weighted by Crippen LogP contribution is -2.21. The molecule has 6 nitrogen and oxygen atoms in total. The van der Waals surface area contributed by atoms with Crippen molar-refractivity contribution in [2.45, 2.75) is 13.8 Å². The van der Waals surface area contributed by atoms with Gasteiger partial charge in [0.25, 0.3) is 0 Å². The van der Waals surface area contributed by atoms with Gasteiger partial charge >= 0.3 is 0 Å². The molecule has 0 fully saturated rings. The van der Waals surface area contributed by atoms with Crippen molar-refractivity contribution in [3.8, 4) is 16.9 Å². The first kappa shape index (κ1) is 16.8. The molecule has 0 saturated heterocycles. The van der Waals surface area contributed by atoms with Crippen LogP contribution in [0.3, 0.4) is 0 Å². The quantitative estimate of drug-likeness (QED) is 0.205. The Kier molecular flexibility index (Phi) is 4.08. The minimum atomic E-state index is 0.215. The number of benzene rings is 2. The van der Waals surface area contributed by atoms with E-state index >= 15 is 0 Å². The molecule has 0 aliphatic heterocycles. The summed E-state index contributed by atoms with van der Waals surface area (Å²) in [6.45, 7) is 3.77. The van der Waals surface area contributed by atoms with E-state index in [1.807, 2.05) is 56.4 Å². The SMILES string of the molecule is Cc1coc(C)c1NC(=NO)n1cc(-c2ccc(O)cc2)c2ccccc21. The smallest absolute Gasteiger partial charge is 0.249 e. The second-order valence-corrected chi connectivity index (χ2v) is 6.38. The van der Waals surface area contributed by atoms with Gasteiger partial charge in [0, 0.05) is 22.7 Å². The number of aromatic hydroxyl groups is 1. The molecular formula is C21H19N3O3. The predicted molar refractivity (Wildman–Crippen MR) is 105 cm³/mol. The molecule has 2 heterocycles. The number of hydrogen-bond donors (Lipinski definition) is 3. The maximum absolute atomic E-state index is 9.68. The highest BCUT2D eigenvalue weighted by molar-refractivity contribution is 6.06. The fourth-order valence-corrected chi connectivity index (χ4v) is 3.23. The fraction of sp³-hybridized carbons (Fsp3) is 0.0952. The molecule has 0 unspecified atom stereocenters. The summed E-state index contributed by atoms with van der Waals surface area (Å²) in [4.78, 5) is 0. The summed E-state index contributed by atoms with van der Waals surface area (Å²) >= 11 is 0. The number of fused-ring (bicyclic) bond motifs is 1. The molecule has 4 aromatic rings. The van der Waals surface area contributed by atoms with E-state index in [9.17, 15) is 10.3 Å². The zero-order valence-corrected chi connectivity index (χ0v) is 15.0. The molecule has 0 bridgehead atoms. The van der Waals surface area contributed by atoms with Gasteiger partial charge in [-0.05, 0) is 37.6 Å². The third-order valence-corrected chi connectivity index (χ3v) is 4.61. The van der Waals surface area contributed by atoms with Crippen LogP contribution < -0.4 is 5.32 Å². The van der Waals surface area contributed by atoms with Gasteiger partial charge in [-0.3, -0.25) is 4.57 Å². The Morgan fingerprint density at radius 2 is 1.81 bits per heavy atom. The van der Waals surface area contributed by atoms with Crippen molar-refractivity contribution in [2.75, 3.05) is 5.32 Å². The number of hydrogen-bond acceptors (Lipinski definition) is 4. The number of oxime groups is 1. The van der Waals surface area contributed by atoms with Crippen molar-refractivity contribution in [3.63, 3.8) is 0 Å². The number of phenolic OH excluding ortho intramolecular Hbond substituents is 1. The summed E-state index contributed by atoms with van der Waals surface area (Å²) in [5.41, 5.74) is 4.50. The summed E-state index contributed by atoms with van der Waals surface area (Å²) < 4.78 is 7.21. The zero-order chi connectivity index (χ0) is 19.0. The number of anilines is 1.